The van der Waals surface area contributed by atoms with Gasteiger partial charge in [-0.25, -0.2) is 4.98 Å². The van der Waals surface area contributed by atoms with Gasteiger partial charge in [0.2, 0.25) is 5.89 Å². The van der Waals surface area contributed by atoms with E-state index in [1.54, 1.807) is 13.3 Å². The van der Waals surface area contributed by atoms with Gasteiger partial charge >= 0.3 is 0 Å². The highest BCUT2D eigenvalue weighted by Crippen LogP contribution is 2.27. The lowest BCUT2D eigenvalue weighted by atomic mass is 10.1. The number of ether oxygens (including phenoxy) is 1. The van der Waals surface area contributed by atoms with Gasteiger partial charge in [0.15, 0.2) is 0 Å². The molecule has 2 heterocycles. The molecule has 0 atom stereocenters. The van der Waals surface area contributed by atoms with Crippen molar-refractivity contribution in [1.29, 1.82) is 0 Å². The Kier molecular flexibility index (Phi) is 5.18. The molecule has 2 aromatic heterocycles. The molecule has 146 valence electrons. The van der Waals surface area contributed by atoms with Crippen molar-refractivity contribution < 1.29 is 9.15 Å². The number of pyridine rings is 1. The number of methoxy groups -OCH3 is 1. The maximum Gasteiger partial charge on any atom is 0.226 e. The van der Waals surface area contributed by atoms with Crippen molar-refractivity contribution >= 4 is 34.4 Å². The maximum atomic E-state index is 6.14. The summed E-state index contributed by atoms with van der Waals surface area (Å²) in [5.41, 5.74) is 7.15. The number of hydrogen-bond donors (Lipinski definition) is 1. The lowest BCUT2D eigenvalue weighted by Gasteiger charge is -2.07. The molecule has 7 heteroatoms. The molecule has 1 N–H and O–H groups in total. The van der Waals surface area contributed by atoms with Crippen LogP contribution in [0.25, 0.3) is 22.4 Å². The summed E-state index contributed by atoms with van der Waals surface area (Å²) in [7, 11) is 1.63. The number of anilines is 1. The Morgan fingerprint density at radius 2 is 1.86 bits per heavy atom. The molecule has 0 fully saturated rings. The monoisotopic (exact) mass is 406 g/mol. The van der Waals surface area contributed by atoms with Gasteiger partial charge in [-0.2, -0.15) is 5.10 Å². The summed E-state index contributed by atoms with van der Waals surface area (Å²) in [6.07, 6.45) is 1.64. The number of oxazole rings is 1. The molecular formula is C22H19ClN4O2. The van der Waals surface area contributed by atoms with Gasteiger partial charge < -0.3 is 9.15 Å². The van der Waals surface area contributed by atoms with Crippen molar-refractivity contribution in [3.63, 3.8) is 0 Å². The number of aryl methyl sites for hydroxylation is 2. The fourth-order valence-corrected chi connectivity index (χ4v) is 3.14. The minimum absolute atomic E-state index is 0.531. The Morgan fingerprint density at radius 3 is 2.62 bits per heavy atom. The summed E-state index contributed by atoms with van der Waals surface area (Å²) in [5, 5.41) is 5.88. The van der Waals surface area contributed by atoms with E-state index in [-0.39, 0.29) is 0 Å². The second-order valence-electron chi connectivity index (χ2n) is 6.53. The quantitative estimate of drug-likeness (QED) is 0.344. The highest BCUT2D eigenvalue weighted by molar-refractivity contribution is 6.31. The summed E-state index contributed by atoms with van der Waals surface area (Å²) >= 11 is 6.14. The van der Waals surface area contributed by atoms with Crippen LogP contribution < -0.4 is 10.2 Å². The van der Waals surface area contributed by atoms with Gasteiger partial charge in [-0.3, -0.25) is 10.4 Å². The number of hydrazone groups is 1. The number of nitrogens with one attached hydrogen (secondary N) is 1. The van der Waals surface area contributed by atoms with Crippen LogP contribution in [0.3, 0.4) is 0 Å². The van der Waals surface area contributed by atoms with Crippen LogP contribution in [-0.4, -0.2) is 23.3 Å². The third kappa shape index (κ3) is 4.07. The van der Waals surface area contributed by atoms with Crippen LogP contribution in [0, 0.1) is 13.8 Å². The first-order valence-corrected chi connectivity index (χ1v) is 9.39. The highest BCUT2D eigenvalue weighted by atomic mass is 35.5. The van der Waals surface area contributed by atoms with Crippen molar-refractivity contribution in [2.24, 2.45) is 5.10 Å². The van der Waals surface area contributed by atoms with Gasteiger partial charge in [0.25, 0.3) is 0 Å². The number of benzene rings is 2. The van der Waals surface area contributed by atoms with E-state index in [9.17, 15) is 0 Å². The Balaban J connectivity index is 1.58. The fraction of sp³-hybridized carbons (Fsp3) is 0.136. The maximum absolute atomic E-state index is 6.14. The van der Waals surface area contributed by atoms with Crippen LogP contribution in [0.15, 0.2) is 58.0 Å². The van der Waals surface area contributed by atoms with Crippen molar-refractivity contribution in [2.75, 3.05) is 12.5 Å². The molecule has 0 unspecified atom stereocenters. The molecule has 0 saturated heterocycles. The van der Waals surface area contributed by atoms with Crippen LogP contribution >= 0.6 is 11.6 Å². The standard InChI is InChI=1S/C22H19ClN4O2/c1-13-10-20(18-11-16(23)6-9-19(18)25-13)27-24-12-21-14(2)29-22(26-21)15-4-7-17(28-3)8-5-15/h4-12H,1-3H3,(H,25,27)/b24-12+. The van der Waals surface area contributed by atoms with Gasteiger partial charge in [0.1, 0.15) is 17.2 Å². The lowest BCUT2D eigenvalue weighted by Crippen LogP contribution is -1.95. The van der Waals surface area contributed by atoms with E-state index in [1.807, 2.05) is 62.4 Å². The average molecular weight is 407 g/mol. The van der Waals surface area contributed by atoms with Gasteiger partial charge in [-0.15, -0.1) is 0 Å². The van der Waals surface area contributed by atoms with Gasteiger partial charge in [0, 0.05) is 21.7 Å². The smallest absolute Gasteiger partial charge is 0.226 e. The third-order valence-corrected chi connectivity index (χ3v) is 4.68. The zero-order valence-corrected chi connectivity index (χ0v) is 17.0. The molecule has 4 aromatic rings. The number of fused-ring (bicyclic) bond motifs is 1. The topological polar surface area (TPSA) is 72.5 Å². The molecule has 0 aliphatic rings. The number of rotatable bonds is 5. The first-order chi connectivity index (χ1) is 14.0. The highest BCUT2D eigenvalue weighted by Gasteiger charge is 2.10. The predicted octanol–water partition coefficient (Wildman–Crippen LogP) is 5.61. The van der Waals surface area contributed by atoms with Crippen LogP contribution in [0.2, 0.25) is 5.02 Å². The van der Waals surface area contributed by atoms with E-state index < -0.39 is 0 Å². The molecule has 0 aliphatic heterocycles. The Morgan fingerprint density at radius 1 is 1.07 bits per heavy atom. The first kappa shape index (κ1) is 19.0. The zero-order chi connectivity index (χ0) is 20.4. The number of aromatic nitrogens is 2. The summed E-state index contributed by atoms with van der Waals surface area (Å²) in [6, 6.07) is 15.0. The summed E-state index contributed by atoms with van der Waals surface area (Å²) < 4.78 is 11.0. The minimum atomic E-state index is 0.531. The average Bonchev–Trinajstić information content (AvgIpc) is 3.09. The van der Waals surface area contributed by atoms with Crippen LogP contribution in [0.1, 0.15) is 17.1 Å². The van der Waals surface area contributed by atoms with Gasteiger partial charge in [-0.05, 0) is 62.4 Å². The van der Waals surface area contributed by atoms with E-state index in [2.05, 4.69) is 20.5 Å². The Hall–Kier alpha value is -3.38. The van der Waals surface area contributed by atoms with Crippen LogP contribution in [-0.2, 0) is 0 Å². The third-order valence-electron chi connectivity index (χ3n) is 4.44. The Bertz CT molecular complexity index is 1200. The van der Waals surface area contributed by atoms with E-state index in [4.69, 9.17) is 20.8 Å². The molecule has 0 spiro atoms. The summed E-state index contributed by atoms with van der Waals surface area (Å²) in [4.78, 5) is 9.05. The lowest BCUT2D eigenvalue weighted by molar-refractivity contribution is 0.415. The molecule has 0 saturated carbocycles. The van der Waals surface area contributed by atoms with E-state index in [0.717, 1.165) is 33.6 Å². The van der Waals surface area contributed by atoms with Crippen LogP contribution in [0.4, 0.5) is 5.69 Å². The molecule has 29 heavy (non-hydrogen) atoms. The molecule has 4 rings (SSSR count). The number of nitrogens with zero attached hydrogens (tertiary/aromatic N) is 3. The normalized spacial score (nSPS) is 11.3. The van der Waals surface area contributed by atoms with Crippen LogP contribution in [0.5, 0.6) is 5.75 Å². The zero-order valence-electron chi connectivity index (χ0n) is 16.2. The minimum Gasteiger partial charge on any atom is -0.497 e. The molecule has 0 radical (unpaired) electrons. The predicted molar refractivity (Wildman–Crippen MR) is 116 cm³/mol. The van der Waals surface area contributed by atoms with E-state index >= 15 is 0 Å². The first-order valence-electron chi connectivity index (χ1n) is 9.01. The number of hydrogen-bond acceptors (Lipinski definition) is 6. The summed E-state index contributed by atoms with van der Waals surface area (Å²) in [5.74, 6) is 1.99. The molecule has 6 nitrogen and oxygen atoms in total. The largest absolute Gasteiger partial charge is 0.497 e. The second kappa shape index (κ2) is 7.93. The van der Waals surface area contributed by atoms with Crippen molar-refractivity contribution in [3.05, 3.63) is 70.7 Å². The Labute approximate surface area is 173 Å². The second-order valence-corrected chi connectivity index (χ2v) is 6.97. The van der Waals surface area contributed by atoms with Crippen molar-refractivity contribution in [2.45, 2.75) is 13.8 Å². The van der Waals surface area contributed by atoms with Crippen molar-refractivity contribution in [1.82, 2.24) is 9.97 Å². The summed E-state index contributed by atoms with van der Waals surface area (Å²) in [6.45, 7) is 3.79. The van der Waals surface area contributed by atoms with E-state index in [1.165, 1.54) is 0 Å². The van der Waals surface area contributed by atoms with Crippen molar-refractivity contribution in [3.8, 4) is 17.2 Å². The molecule has 0 aliphatic carbocycles. The molecule has 0 amide bonds. The number of halogens is 1. The molecule has 2 aromatic carbocycles. The van der Waals surface area contributed by atoms with Gasteiger partial charge in [0.05, 0.1) is 24.5 Å². The van der Waals surface area contributed by atoms with E-state index in [0.29, 0.717) is 22.4 Å². The molecule has 0 bridgehead atoms. The SMILES string of the molecule is COc1ccc(-c2nc(/C=N/Nc3cc(C)nc4ccc(Cl)cc34)c(C)o2)cc1. The fourth-order valence-electron chi connectivity index (χ4n) is 2.97. The van der Waals surface area contributed by atoms with Gasteiger partial charge in [-0.1, -0.05) is 11.6 Å². The molecular weight excluding hydrogens is 388 g/mol.